The summed E-state index contributed by atoms with van der Waals surface area (Å²) in [7, 11) is 0. The van der Waals surface area contributed by atoms with Gasteiger partial charge in [-0.1, -0.05) is 63.3 Å². The van der Waals surface area contributed by atoms with Gasteiger partial charge in [-0.2, -0.15) is 0 Å². The van der Waals surface area contributed by atoms with Crippen LogP contribution < -0.4 is 0 Å². The molecule has 2 atom stereocenters. The molecule has 0 heterocycles. The zero-order valence-electron chi connectivity index (χ0n) is 17.5. The number of hydrogen-bond donors (Lipinski definition) is 0. The number of rotatable bonds is 8. The molecule has 0 aromatic heterocycles. The highest BCUT2D eigenvalue weighted by atomic mass is 16.5. The molecule has 150 valence electrons. The van der Waals surface area contributed by atoms with Crippen LogP contribution in [0.4, 0.5) is 0 Å². The van der Waals surface area contributed by atoms with Gasteiger partial charge in [-0.3, -0.25) is 14.4 Å². The normalized spacial score (nSPS) is 17.8. The number of carbonyl (C=O) groups is 3. The highest BCUT2D eigenvalue weighted by Gasteiger charge is 2.38. The number of ether oxygens (including phenoxy) is 1. The second kappa shape index (κ2) is 9.13. The quantitative estimate of drug-likeness (QED) is 0.363. The summed E-state index contributed by atoms with van der Waals surface area (Å²) in [6.45, 7) is 9.73. The van der Waals surface area contributed by atoms with E-state index in [0.29, 0.717) is 5.56 Å². The van der Waals surface area contributed by atoms with E-state index in [9.17, 15) is 14.4 Å². The average Bonchev–Trinajstić information content (AvgIpc) is 2.61. The number of hydrogen-bond acceptors (Lipinski definition) is 4. The van der Waals surface area contributed by atoms with Crippen molar-refractivity contribution in [2.45, 2.75) is 47.5 Å². The lowest BCUT2D eigenvalue weighted by molar-refractivity contribution is -0.147. The summed E-state index contributed by atoms with van der Waals surface area (Å²) in [6.07, 6.45) is 4.98. The van der Waals surface area contributed by atoms with Gasteiger partial charge >= 0.3 is 5.97 Å². The van der Waals surface area contributed by atoms with Crippen LogP contribution in [0.1, 0.15) is 57.8 Å². The molecule has 0 saturated carbocycles. The molecule has 28 heavy (non-hydrogen) atoms. The van der Waals surface area contributed by atoms with Crippen LogP contribution >= 0.6 is 0 Å². The Labute approximate surface area is 167 Å². The minimum Gasteiger partial charge on any atom is -0.465 e. The topological polar surface area (TPSA) is 60.4 Å². The van der Waals surface area contributed by atoms with Crippen molar-refractivity contribution >= 4 is 17.5 Å². The van der Waals surface area contributed by atoms with Crippen LogP contribution in [0.15, 0.2) is 53.6 Å². The number of carbonyl (C=O) groups excluding carboxylic acids is 3. The maximum absolute atomic E-state index is 13.1. The van der Waals surface area contributed by atoms with Crippen LogP contribution in [-0.4, -0.2) is 24.1 Å². The summed E-state index contributed by atoms with van der Waals surface area (Å²) in [6, 6.07) is 8.71. The van der Waals surface area contributed by atoms with Crippen molar-refractivity contribution in [2.24, 2.45) is 17.3 Å². The van der Waals surface area contributed by atoms with Crippen LogP contribution in [0.5, 0.6) is 0 Å². The van der Waals surface area contributed by atoms with Crippen molar-refractivity contribution in [1.29, 1.82) is 0 Å². The smallest absolute Gasteiger partial charge is 0.317 e. The van der Waals surface area contributed by atoms with E-state index in [4.69, 9.17) is 4.74 Å². The molecule has 4 heteroatoms. The molecule has 1 aliphatic rings. The van der Waals surface area contributed by atoms with Crippen LogP contribution in [0.2, 0.25) is 0 Å². The van der Waals surface area contributed by atoms with Gasteiger partial charge in [-0.15, -0.1) is 0 Å². The first-order chi connectivity index (χ1) is 13.2. The summed E-state index contributed by atoms with van der Waals surface area (Å²) in [5.41, 5.74) is 1.95. The molecule has 0 N–H and O–H groups in total. The molecule has 0 amide bonds. The fourth-order valence-corrected chi connectivity index (χ4v) is 3.97. The van der Waals surface area contributed by atoms with Crippen molar-refractivity contribution in [2.75, 3.05) is 6.61 Å². The first kappa shape index (κ1) is 21.8. The molecular formula is C24H30O4. The van der Waals surface area contributed by atoms with Crippen LogP contribution in [0.3, 0.4) is 0 Å². The number of allylic oxidation sites excluding steroid dienone is 4. The van der Waals surface area contributed by atoms with E-state index in [1.807, 2.05) is 19.1 Å². The standard InChI is InChI=1S/C24H30O4/c1-6-28-23(27)20(22(26)18-12-8-7-9-13-18)17(3)15-19(25)21-16(2)11-10-14-24(21,4)5/h7-13,17,20H,6,14-15H2,1-5H3. The first-order valence-electron chi connectivity index (χ1n) is 9.86. The Bertz CT molecular complexity index is 799. The largest absolute Gasteiger partial charge is 0.465 e. The fraction of sp³-hybridized carbons (Fsp3) is 0.458. The molecule has 0 bridgehead atoms. The molecule has 2 rings (SSSR count). The molecule has 1 aliphatic carbocycles. The molecule has 0 fully saturated rings. The maximum atomic E-state index is 13.1. The zero-order chi connectivity index (χ0) is 20.9. The Kier molecular flexibility index (Phi) is 7.11. The number of esters is 1. The van der Waals surface area contributed by atoms with Gasteiger partial charge in [0.15, 0.2) is 11.6 Å². The maximum Gasteiger partial charge on any atom is 0.317 e. The summed E-state index contributed by atoms with van der Waals surface area (Å²) in [5.74, 6) is -2.32. The summed E-state index contributed by atoms with van der Waals surface area (Å²) >= 11 is 0. The molecule has 1 aromatic rings. The van der Waals surface area contributed by atoms with Gasteiger partial charge < -0.3 is 4.74 Å². The van der Waals surface area contributed by atoms with Gasteiger partial charge in [0.1, 0.15) is 5.92 Å². The van der Waals surface area contributed by atoms with E-state index < -0.39 is 17.8 Å². The van der Waals surface area contributed by atoms with Gasteiger partial charge in [0.2, 0.25) is 0 Å². The van der Waals surface area contributed by atoms with Crippen molar-refractivity contribution in [1.82, 2.24) is 0 Å². The minimum atomic E-state index is -0.991. The van der Waals surface area contributed by atoms with Crippen molar-refractivity contribution in [3.8, 4) is 0 Å². The van der Waals surface area contributed by atoms with Crippen molar-refractivity contribution in [3.63, 3.8) is 0 Å². The molecule has 0 spiro atoms. The molecule has 2 unspecified atom stereocenters. The Hall–Kier alpha value is -2.49. The Morgan fingerprint density at radius 3 is 2.36 bits per heavy atom. The molecule has 0 radical (unpaired) electrons. The highest BCUT2D eigenvalue weighted by Crippen LogP contribution is 2.39. The third kappa shape index (κ3) is 4.86. The van der Waals surface area contributed by atoms with Gasteiger partial charge in [-0.25, -0.2) is 0 Å². The SMILES string of the molecule is CCOC(=O)C(C(=O)c1ccccc1)C(C)CC(=O)C1=C(C)C=CCC1(C)C. The Morgan fingerprint density at radius 1 is 1.14 bits per heavy atom. The van der Waals surface area contributed by atoms with Gasteiger partial charge in [0, 0.05) is 17.6 Å². The molecule has 4 nitrogen and oxygen atoms in total. The lowest BCUT2D eigenvalue weighted by atomic mass is 9.72. The van der Waals surface area contributed by atoms with Crippen LogP contribution in [-0.2, 0) is 14.3 Å². The second-order valence-electron chi connectivity index (χ2n) is 8.11. The van der Waals surface area contributed by atoms with Crippen molar-refractivity contribution < 1.29 is 19.1 Å². The lowest BCUT2D eigenvalue weighted by Gasteiger charge is -2.31. The molecule has 1 aromatic carbocycles. The monoisotopic (exact) mass is 382 g/mol. The molecule has 0 aliphatic heterocycles. The highest BCUT2D eigenvalue weighted by molar-refractivity contribution is 6.09. The van der Waals surface area contributed by atoms with E-state index in [-0.39, 0.29) is 30.0 Å². The van der Waals surface area contributed by atoms with Crippen LogP contribution in [0, 0.1) is 17.3 Å². The van der Waals surface area contributed by atoms with E-state index >= 15 is 0 Å². The van der Waals surface area contributed by atoms with Gasteiger partial charge in [-0.05, 0) is 37.2 Å². The number of ketones is 2. The lowest BCUT2D eigenvalue weighted by Crippen LogP contribution is -2.34. The van der Waals surface area contributed by atoms with E-state index in [1.165, 1.54) is 0 Å². The predicted octanol–water partition coefficient (Wildman–Crippen LogP) is 4.95. The van der Waals surface area contributed by atoms with Crippen molar-refractivity contribution in [3.05, 3.63) is 59.2 Å². The molecule has 0 saturated heterocycles. The predicted molar refractivity (Wildman–Crippen MR) is 110 cm³/mol. The first-order valence-corrected chi connectivity index (χ1v) is 9.86. The summed E-state index contributed by atoms with van der Waals surface area (Å²) in [4.78, 5) is 38.7. The fourth-order valence-electron chi connectivity index (χ4n) is 3.97. The number of Topliss-reactive ketones (excluding diaryl/α,β-unsaturated/α-hetero) is 2. The second-order valence-corrected chi connectivity index (χ2v) is 8.11. The van der Waals surface area contributed by atoms with Gasteiger partial charge in [0.25, 0.3) is 0 Å². The van der Waals surface area contributed by atoms with E-state index in [0.717, 1.165) is 17.6 Å². The van der Waals surface area contributed by atoms with E-state index in [2.05, 4.69) is 19.9 Å². The van der Waals surface area contributed by atoms with E-state index in [1.54, 1.807) is 38.1 Å². The third-order valence-electron chi connectivity index (χ3n) is 5.30. The third-order valence-corrected chi connectivity index (χ3v) is 5.30. The van der Waals surface area contributed by atoms with Crippen LogP contribution in [0.25, 0.3) is 0 Å². The summed E-state index contributed by atoms with van der Waals surface area (Å²) in [5, 5.41) is 0. The zero-order valence-corrected chi connectivity index (χ0v) is 17.5. The summed E-state index contributed by atoms with van der Waals surface area (Å²) < 4.78 is 5.16. The number of benzene rings is 1. The molecular weight excluding hydrogens is 352 g/mol. The van der Waals surface area contributed by atoms with Gasteiger partial charge in [0.05, 0.1) is 6.61 Å². The average molecular weight is 383 g/mol. The Morgan fingerprint density at radius 2 is 1.79 bits per heavy atom. The Balaban J connectivity index is 2.29. The minimum absolute atomic E-state index is 0.00508.